The van der Waals surface area contributed by atoms with E-state index in [1.807, 2.05) is 0 Å². The van der Waals surface area contributed by atoms with Crippen LogP contribution in [0.15, 0.2) is 48.8 Å². The highest BCUT2D eigenvalue weighted by atomic mass is 16.5. The number of carboxylic acid groups (broad SMARTS) is 1. The molecule has 2 rings (SSSR count). The number of rotatable bonds is 4. The summed E-state index contributed by atoms with van der Waals surface area (Å²) in [6.07, 6.45) is 5.46. The van der Waals surface area contributed by atoms with Crippen molar-refractivity contribution in [3.63, 3.8) is 0 Å². The summed E-state index contributed by atoms with van der Waals surface area (Å²) < 4.78 is 4.86. The molecule has 0 bridgehead atoms. The second kappa shape index (κ2) is 8.83. The van der Waals surface area contributed by atoms with Gasteiger partial charge < -0.3 is 20.7 Å². The number of carbonyl (C=O) groups is 2. The molecule has 7 nitrogen and oxygen atoms in total. The number of primary amides is 1. The molecule has 1 amide bonds. The lowest BCUT2D eigenvalue weighted by Gasteiger charge is -2.03. The van der Waals surface area contributed by atoms with Crippen LogP contribution in [0.3, 0.4) is 0 Å². The van der Waals surface area contributed by atoms with Crippen molar-refractivity contribution in [2.75, 3.05) is 7.11 Å². The molecule has 0 spiro atoms. The molecule has 0 fully saturated rings. The van der Waals surface area contributed by atoms with Gasteiger partial charge in [0, 0.05) is 18.5 Å². The lowest BCUT2D eigenvalue weighted by atomic mass is 10.2. The largest absolute Gasteiger partial charge is 0.504 e. The van der Waals surface area contributed by atoms with Crippen LogP contribution in [0.2, 0.25) is 0 Å². The number of nitrogens with two attached hydrogens (primary N) is 1. The average Bonchev–Trinajstić information content (AvgIpc) is 2.55. The molecule has 0 saturated heterocycles. The number of phenolic OH excluding ortho intramolecular Hbond substituents is 1. The zero-order valence-electron chi connectivity index (χ0n) is 12.3. The van der Waals surface area contributed by atoms with E-state index in [-0.39, 0.29) is 5.75 Å². The van der Waals surface area contributed by atoms with Gasteiger partial charge in [0.1, 0.15) is 0 Å². The van der Waals surface area contributed by atoms with Gasteiger partial charge in [0.05, 0.1) is 12.7 Å². The van der Waals surface area contributed by atoms with Gasteiger partial charge in [-0.3, -0.25) is 9.78 Å². The smallest absolute Gasteiger partial charge is 0.328 e. The molecule has 1 aromatic carbocycles. The molecule has 4 N–H and O–H groups in total. The van der Waals surface area contributed by atoms with E-state index in [1.54, 1.807) is 30.5 Å². The van der Waals surface area contributed by atoms with Crippen molar-refractivity contribution < 1.29 is 24.5 Å². The molecular weight excluding hydrogens is 300 g/mol. The monoisotopic (exact) mass is 316 g/mol. The second-order valence-corrected chi connectivity index (χ2v) is 4.21. The summed E-state index contributed by atoms with van der Waals surface area (Å²) in [6.45, 7) is 0. The second-order valence-electron chi connectivity index (χ2n) is 4.21. The van der Waals surface area contributed by atoms with Gasteiger partial charge in [0.15, 0.2) is 11.5 Å². The van der Waals surface area contributed by atoms with Crippen LogP contribution in [-0.2, 0) is 4.79 Å². The molecular formula is C16H16N2O5. The highest BCUT2D eigenvalue weighted by molar-refractivity contribution is 5.92. The van der Waals surface area contributed by atoms with E-state index in [9.17, 15) is 14.7 Å². The van der Waals surface area contributed by atoms with Gasteiger partial charge in [0.2, 0.25) is 5.91 Å². The maximum Gasteiger partial charge on any atom is 0.328 e. The van der Waals surface area contributed by atoms with Gasteiger partial charge in [-0.2, -0.15) is 0 Å². The molecule has 1 aromatic heterocycles. The third-order valence-electron chi connectivity index (χ3n) is 2.57. The van der Waals surface area contributed by atoms with Gasteiger partial charge in [0.25, 0.3) is 0 Å². The van der Waals surface area contributed by atoms with Crippen LogP contribution in [0.1, 0.15) is 15.9 Å². The number of carbonyl (C=O) groups excluding carboxylic acids is 1. The summed E-state index contributed by atoms with van der Waals surface area (Å²) in [4.78, 5) is 24.3. The van der Waals surface area contributed by atoms with Crippen LogP contribution in [0, 0.1) is 0 Å². The zero-order valence-corrected chi connectivity index (χ0v) is 12.3. The molecule has 0 atom stereocenters. The summed E-state index contributed by atoms with van der Waals surface area (Å²) in [5.74, 6) is -1.11. The summed E-state index contributed by atoms with van der Waals surface area (Å²) in [5, 5.41) is 17.6. The fraction of sp³-hybridized carbons (Fsp3) is 0.0625. The molecule has 23 heavy (non-hydrogen) atoms. The van der Waals surface area contributed by atoms with E-state index in [1.165, 1.54) is 25.4 Å². The maximum absolute atomic E-state index is 10.4. The Kier molecular flexibility index (Phi) is 6.80. The summed E-state index contributed by atoms with van der Waals surface area (Å²) >= 11 is 0. The molecule has 120 valence electrons. The lowest BCUT2D eigenvalue weighted by molar-refractivity contribution is -0.131. The number of carboxylic acids is 1. The molecule has 1 heterocycles. The predicted octanol–water partition coefficient (Wildman–Crippen LogP) is 1.68. The quantitative estimate of drug-likeness (QED) is 0.737. The molecule has 0 radical (unpaired) electrons. The Morgan fingerprint density at radius 1 is 1.30 bits per heavy atom. The van der Waals surface area contributed by atoms with Crippen LogP contribution in [0.4, 0.5) is 0 Å². The third-order valence-corrected chi connectivity index (χ3v) is 2.57. The Morgan fingerprint density at radius 2 is 2.04 bits per heavy atom. The number of aromatic hydroxyl groups is 1. The van der Waals surface area contributed by atoms with Crippen LogP contribution in [0.5, 0.6) is 11.5 Å². The predicted molar refractivity (Wildman–Crippen MR) is 84.1 cm³/mol. The Hall–Kier alpha value is -3.35. The summed E-state index contributed by atoms with van der Waals surface area (Å²) in [7, 11) is 1.43. The molecule has 0 unspecified atom stereocenters. The molecule has 0 aliphatic heterocycles. The number of amides is 1. The van der Waals surface area contributed by atoms with E-state index in [0.29, 0.717) is 16.9 Å². The number of phenols is 1. The molecule has 0 aliphatic carbocycles. The fourth-order valence-electron chi connectivity index (χ4n) is 1.47. The topological polar surface area (TPSA) is 123 Å². The van der Waals surface area contributed by atoms with E-state index >= 15 is 0 Å². The minimum Gasteiger partial charge on any atom is -0.504 e. The standard InChI is InChI=1S/C10H10O4.C6H6N2O/c1-14-9-6-7(2-4-8(9)11)3-5-10(12)13;7-6(9)5-2-1-3-8-4-5/h2-6,11H,1H3,(H,12,13);1-4H,(H2,7,9)/b5-3+;. The number of methoxy groups -OCH3 is 1. The van der Waals surface area contributed by atoms with Gasteiger partial charge in [-0.05, 0) is 35.9 Å². The van der Waals surface area contributed by atoms with Gasteiger partial charge in [-0.1, -0.05) is 6.07 Å². The van der Waals surface area contributed by atoms with Crippen molar-refractivity contribution in [3.8, 4) is 11.5 Å². The van der Waals surface area contributed by atoms with Crippen LogP contribution >= 0.6 is 0 Å². The van der Waals surface area contributed by atoms with E-state index in [4.69, 9.17) is 15.6 Å². The molecule has 2 aromatic rings. The zero-order chi connectivity index (χ0) is 17.2. The fourth-order valence-corrected chi connectivity index (χ4v) is 1.47. The van der Waals surface area contributed by atoms with Gasteiger partial charge >= 0.3 is 5.97 Å². The first-order chi connectivity index (χ1) is 10.9. The van der Waals surface area contributed by atoms with Crippen molar-refractivity contribution in [3.05, 3.63) is 59.9 Å². The summed E-state index contributed by atoms with van der Waals surface area (Å²) in [5.41, 5.74) is 6.03. The third kappa shape index (κ3) is 6.30. The number of benzene rings is 1. The van der Waals surface area contributed by atoms with Crippen molar-refractivity contribution in [1.82, 2.24) is 4.98 Å². The highest BCUT2D eigenvalue weighted by Crippen LogP contribution is 2.26. The SMILES string of the molecule is COc1cc(/C=C/C(=O)O)ccc1O.NC(=O)c1cccnc1. The Labute approximate surface area is 132 Å². The van der Waals surface area contributed by atoms with E-state index in [0.717, 1.165) is 6.08 Å². The first kappa shape index (κ1) is 17.7. The van der Waals surface area contributed by atoms with Crippen molar-refractivity contribution in [2.24, 2.45) is 5.73 Å². The van der Waals surface area contributed by atoms with Crippen molar-refractivity contribution in [1.29, 1.82) is 0 Å². The van der Waals surface area contributed by atoms with Crippen LogP contribution < -0.4 is 10.5 Å². The Bertz CT molecular complexity index is 699. The number of pyridine rings is 1. The first-order valence-corrected chi connectivity index (χ1v) is 6.42. The molecule has 7 heteroatoms. The number of aromatic nitrogens is 1. The van der Waals surface area contributed by atoms with E-state index in [2.05, 4.69) is 4.98 Å². The molecule has 0 aliphatic rings. The first-order valence-electron chi connectivity index (χ1n) is 6.42. The Balaban J connectivity index is 0.000000253. The molecule has 0 saturated carbocycles. The number of nitrogens with zero attached hydrogens (tertiary/aromatic N) is 1. The van der Waals surface area contributed by atoms with E-state index < -0.39 is 11.9 Å². The number of aliphatic carboxylic acids is 1. The highest BCUT2D eigenvalue weighted by Gasteiger charge is 2.00. The van der Waals surface area contributed by atoms with Gasteiger partial charge in [-0.15, -0.1) is 0 Å². The lowest BCUT2D eigenvalue weighted by Crippen LogP contribution is -2.10. The average molecular weight is 316 g/mol. The Morgan fingerprint density at radius 3 is 2.52 bits per heavy atom. The van der Waals surface area contributed by atoms with Crippen LogP contribution in [-0.4, -0.2) is 34.2 Å². The normalized spacial score (nSPS) is 9.78. The number of hydrogen-bond acceptors (Lipinski definition) is 5. The summed E-state index contributed by atoms with van der Waals surface area (Å²) in [6, 6.07) is 7.88. The maximum atomic E-state index is 10.4. The van der Waals surface area contributed by atoms with Crippen LogP contribution in [0.25, 0.3) is 6.08 Å². The van der Waals surface area contributed by atoms with Gasteiger partial charge in [-0.25, -0.2) is 4.79 Å². The van der Waals surface area contributed by atoms with Crippen molar-refractivity contribution in [2.45, 2.75) is 0 Å². The number of hydrogen-bond donors (Lipinski definition) is 3. The number of ether oxygens (including phenoxy) is 1. The minimum atomic E-state index is -1.02. The van der Waals surface area contributed by atoms with Crippen molar-refractivity contribution >= 4 is 18.0 Å². The minimum absolute atomic E-state index is 0.0278.